The molecule has 1 aliphatic rings. The molecule has 1 aromatic rings. The highest BCUT2D eigenvalue weighted by Gasteiger charge is 2.29. The summed E-state index contributed by atoms with van der Waals surface area (Å²) in [5.41, 5.74) is 4.98. The number of hydrogen-bond donors (Lipinski definition) is 2. The van der Waals surface area contributed by atoms with E-state index in [1.807, 2.05) is 0 Å². The molecule has 1 aromatic carbocycles. The van der Waals surface area contributed by atoms with Gasteiger partial charge < -0.3 is 11.1 Å². The van der Waals surface area contributed by atoms with Crippen molar-refractivity contribution in [1.29, 1.82) is 0 Å². The van der Waals surface area contributed by atoms with Crippen molar-refractivity contribution in [3.8, 4) is 0 Å². The van der Waals surface area contributed by atoms with E-state index in [9.17, 15) is 23.3 Å². The van der Waals surface area contributed by atoms with Crippen LogP contribution in [-0.2, 0) is 9.84 Å². The first kappa shape index (κ1) is 14.3. The molecule has 3 N–H and O–H groups in total. The normalized spacial score (nSPS) is 20.5. The summed E-state index contributed by atoms with van der Waals surface area (Å²) in [5, 5.41) is 13.8. The Labute approximate surface area is 115 Å². The molecule has 1 atom stereocenters. The van der Waals surface area contributed by atoms with E-state index in [1.165, 1.54) is 12.1 Å². The van der Waals surface area contributed by atoms with Crippen LogP contribution in [0.2, 0.25) is 0 Å². The van der Waals surface area contributed by atoms with E-state index in [0.29, 0.717) is 6.42 Å². The first-order valence-electron chi connectivity index (χ1n) is 5.84. The molecule has 1 fully saturated rings. The second-order valence-electron chi connectivity index (χ2n) is 4.60. The molecule has 0 saturated carbocycles. The van der Waals surface area contributed by atoms with Crippen LogP contribution in [0.4, 0.5) is 11.4 Å². The zero-order valence-corrected chi connectivity index (χ0v) is 11.2. The van der Waals surface area contributed by atoms with Crippen molar-refractivity contribution in [2.75, 3.05) is 16.8 Å². The Morgan fingerprint density at radius 1 is 1.45 bits per heavy atom. The quantitative estimate of drug-likeness (QED) is 0.606. The number of carbonyl (C=O) groups is 1. The van der Waals surface area contributed by atoms with Gasteiger partial charge in [0.15, 0.2) is 9.84 Å². The average Bonchev–Trinajstić information content (AvgIpc) is 2.68. The number of nitro benzene ring substituents is 1. The zero-order valence-electron chi connectivity index (χ0n) is 10.4. The second-order valence-corrected chi connectivity index (χ2v) is 6.83. The Kier molecular flexibility index (Phi) is 3.62. The molecule has 1 heterocycles. The van der Waals surface area contributed by atoms with Crippen LogP contribution in [-0.4, -0.2) is 36.8 Å². The number of nitrogens with one attached hydrogen (secondary N) is 1. The Balaban J connectivity index is 2.28. The van der Waals surface area contributed by atoms with Gasteiger partial charge in [0.25, 0.3) is 5.69 Å². The maximum Gasteiger partial charge on any atom is 0.293 e. The van der Waals surface area contributed by atoms with Gasteiger partial charge in [-0.15, -0.1) is 0 Å². The van der Waals surface area contributed by atoms with Gasteiger partial charge in [-0.3, -0.25) is 14.9 Å². The minimum Gasteiger partial charge on any atom is -0.376 e. The summed E-state index contributed by atoms with van der Waals surface area (Å²) in [5.74, 6) is -0.748. The topological polar surface area (TPSA) is 132 Å². The van der Waals surface area contributed by atoms with Gasteiger partial charge in [0.05, 0.1) is 16.4 Å². The van der Waals surface area contributed by atoms with Crippen molar-refractivity contribution in [3.05, 3.63) is 33.9 Å². The third-order valence-corrected chi connectivity index (χ3v) is 4.84. The Hall–Kier alpha value is -2.16. The summed E-state index contributed by atoms with van der Waals surface area (Å²) < 4.78 is 22.7. The fourth-order valence-electron chi connectivity index (χ4n) is 2.09. The first-order chi connectivity index (χ1) is 9.28. The van der Waals surface area contributed by atoms with Crippen molar-refractivity contribution in [3.63, 3.8) is 0 Å². The van der Waals surface area contributed by atoms with E-state index in [4.69, 9.17) is 5.73 Å². The van der Waals surface area contributed by atoms with Crippen LogP contribution in [0.15, 0.2) is 18.2 Å². The molecule has 9 heteroatoms. The number of rotatable bonds is 4. The molecule has 1 amide bonds. The molecular weight excluding hydrogens is 286 g/mol. The monoisotopic (exact) mass is 299 g/mol. The van der Waals surface area contributed by atoms with Crippen LogP contribution in [0.25, 0.3) is 0 Å². The second kappa shape index (κ2) is 5.08. The fourth-order valence-corrected chi connectivity index (χ4v) is 3.76. The molecular formula is C11H13N3O5S. The SMILES string of the molecule is NC(=O)c1ccc(NC2CCS(=O)(=O)C2)c([N+](=O)[O-])c1. The van der Waals surface area contributed by atoms with Crippen LogP contribution in [0.5, 0.6) is 0 Å². The summed E-state index contributed by atoms with van der Waals surface area (Å²) in [6.07, 6.45) is 0.400. The van der Waals surface area contributed by atoms with Gasteiger partial charge in [0.2, 0.25) is 5.91 Å². The van der Waals surface area contributed by atoms with Gasteiger partial charge in [0.1, 0.15) is 5.69 Å². The van der Waals surface area contributed by atoms with Crippen molar-refractivity contribution in [2.45, 2.75) is 12.5 Å². The molecule has 1 saturated heterocycles. The first-order valence-corrected chi connectivity index (χ1v) is 7.66. The maximum atomic E-state index is 11.4. The summed E-state index contributed by atoms with van der Waals surface area (Å²) in [7, 11) is -3.08. The number of primary amides is 1. The summed E-state index contributed by atoms with van der Waals surface area (Å²) >= 11 is 0. The number of benzene rings is 1. The number of amides is 1. The number of carbonyl (C=O) groups excluding carboxylic acids is 1. The number of nitrogens with two attached hydrogens (primary N) is 1. The van der Waals surface area contributed by atoms with E-state index in [-0.39, 0.29) is 34.5 Å². The van der Waals surface area contributed by atoms with Crippen molar-refractivity contribution < 1.29 is 18.1 Å². The number of nitro groups is 1. The van der Waals surface area contributed by atoms with E-state index in [1.54, 1.807) is 0 Å². The van der Waals surface area contributed by atoms with Crippen LogP contribution in [0, 0.1) is 10.1 Å². The zero-order chi connectivity index (χ0) is 14.9. The van der Waals surface area contributed by atoms with Gasteiger partial charge in [-0.2, -0.15) is 0 Å². The number of anilines is 1. The molecule has 1 aliphatic heterocycles. The highest BCUT2D eigenvalue weighted by molar-refractivity contribution is 7.91. The highest BCUT2D eigenvalue weighted by Crippen LogP contribution is 2.28. The van der Waals surface area contributed by atoms with E-state index in [0.717, 1.165) is 6.07 Å². The maximum absolute atomic E-state index is 11.4. The molecule has 0 aliphatic carbocycles. The standard InChI is InChI=1S/C11H13N3O5S/c12-11(15)7-1-2-9(10(5-7)14(16)17)13-8-3-4-20(18,19)6-8/h1-2,5,8,13H,3-4,6H2,(H2,12,15). The Morgan fingerprint density at radius 2 is 2.15 bits per heavy atom. The molecule has 0 spiro atoms. The van der Waals surface area contributed by atoms with Crippen molar-refractivity contribution >= 4 is 27.1 Å². The summed E-state index contributed by atoms with van der Waals surface area (Å²) in [6.45, 7) is 0. The van der Waals surface area contributed by atoms with Gasteiger partial charge >= 0.3 is 0 Å². The van der Waals surface area contributed by atoms with Gasteiger partial charge in [-0.05, 0) is 18.6 Å². The molecule has 0 radical (unpaired) electrons. The van der Waals surface area contributed by atoms with E-state index < -0.39 is 20.7 Å². The summed E-state index contributed by atoms with van der Waals surface area (Å²) in [6, 6.07) is 3.44. The fraction of sp³-hybridized carbons (Fsp3) is 0.364. The van der Waals surface area contributed by atoms with Crippen LogP contribution in [0.3, 0.4) is 0 Å². The largest absolute Gasteiger partial charge is 0.376 e. The Morgan fingerprint density at radius 3 is 2.65 bits per heavy atom. The van der Waals surface area contributed by atoms with E-state index >= 15 is 0 Å². The van der Waals surface area contributed by atoms with E-state index in [2.05, 4.69) is 5.32 Å². The molecule has 108 valence electrons. The van der Waals surface area contributed by atoms with Crippen LogP contribution < -0.4 is 11.1 Å². The lowest BCUT2D eigenvalue weighted by Crippen LogP contribution is -2.21. The highest BCUT2D eigenvalue weighted by atomic mass is 32.2. The van der Waals surface area contributed by atoms with Gasteiger partial charge in [-0.1, -0.05) is 0 Å². The van der Waals surface area contributed by atoms with Gasteiger partial charge in [-0.25, -0.2) is 8.42 Å². The number of sulfone groups is 1. The lowest BCUT2D eigenvalue weighted by atomic mass is 10.1. The molecule has 20 heavy (non-hydrogen) atoms. The molecule has 0 aromatic heterocycles. The predicted molar refractivity (Wildman–Crippen MR) is 72.3 cm³/mol. The molecule has 1 unspecified atom stereocenters. The average molecular weight is 299 g/mol. The smallest absolute Gasteiger partial charge is 0.293 e. The minimum atomic E-state index is -3.08. The summed E-state index contributed by atoms with van der Waals surface area (Å²) in [4.78, 5) is 21.4. The lowest BCUT2D eigenvalue weighted by Gasteiger charge is -2.12. The molecule has 8 nitrogen and oxygen atoms in total. The van der Waals surface area contributed by atoms with Gasteiger partial charge in [0, 0.05) is 17.7 Å². The lowest BCUT2D eigenvalue weighted by molar-refractivity contribution is -0.384. The van der Waals surface area contributed by atoms with Crippen molar-refractivity contribution in [1.82, 2.24) is 0 Å². The van der Waals surface area contributed by atoms with Crippen LogP contribution in [0.1, 0.15) is 16.8 Å². The third-order valence-electron chi connectivity index (χ3n) is 3.07. The van der Waals surface area contributed by atoms with Crippen molar-refractivity contribution in [2.24, 2.45) is 5.73 Å². The number of hydrogen-bond acceptors (Lipinski definition) is 6. The molecule has 0 bridgehead atoms. The minimum absolute atomic E-state index is 0.0290. The Bertz CT molecular complexity index is 671. The number of nitrogens with zero attached hydrogens (tertiary/aromatic N) is 1. The van der Waals surface area contributed by atoms with Crippen LogP contribution >= 0.6 is 0 Å². The molecule has 2 rings (SSSR count). The predicted octanol–water partition coefficient (Wildman–Crippen LogP) is 0.293. The third kappa shape index (κ3) is 3.05.